The molecule has 1 fully saturated rings. The predicted molar refractivity (Wildman–Crippen MR) is 81.7 cm³/mol. The SMILES string of the molecule is C[C@@H](OC(=O)c1ccc(Cl)cc1Cl)C(=O)NC1CCCC1. The Morgan fingerprint density at radius 1 is 1.29 bits per heavy atom. The molecule has 0 aliphatic heterocycles. The number of halogens is 2. The van der Waals surface area contributed by atoms with Crippen LogP contribution >= 0.6 is 23.2 Å². The third-order valence-corrected chi connectivity index (χ3v) is 4.05. The second-order valence-corrected chi connectivity index (χ2v) is 6.01. The smallest absolute Gasteiger partial charge is 0.340 e. The molecule has 0 aromatic heterocycles. The van der Waals surface area contributed by atoms with E-state index in [4.69, 9.17) is 27.9 Å². The van der Waals surface area contributed by atoms with Gasteiger partial charge < -0.3 is 10.1 Å². The van der Waals surface area contributed by atoms with Crippen molar-refractivity contribution in [1.29, 1.82) is 0 Å². The normalized spacial score (nSPS) is 16.5. The van der Waals surface area contributed by atoms with Crippen molar-refractivity contribution in [1.82, 2.24) is 5.32 Å². The molecule has 0 heterocycles. The lowest BCUT2D eigenvalue weighted by molar-refractivity contribution is -0.129. The summed E-state index contributed by atoms with van der Waals surface area (Å²) in [6, 6.07) is 4.68. The van der Waals surface area contributed by atoms with E-state index in [2.05, 4.69) is 5.32 Å². The van der Waals surface area contributed by atoms with Crippen LogP contribution < -0.4 is 5.32 Å². The number of ether oxygens (including phenoxy) is 1. The van der Waals surface area contributed by atoms with Crippen LogP contribution in [0.3, 0.4) is 0 Å². The van der Waals surface area contributed by atoms with Crippen LogP contribution in [0.4, 0.5) is 0 Å². The molecule has 1 amide bonds. The monoisotopic (exact) mass is 329 g/mol. The Morgan fingerprint density at radius 2 is 1.95 bits per heavy atom. The van der Waals surface area contributed by atoms with Gasteiger partial charge in [-0.2, -0.15) is 0 Å². The standard InChI is InChI=1S/C15H17Cl2NO3/c1-9(14(19)18-11-4-2-3-5-11)21-15(20)12-7-6-10(16)8-13(12)17/h6-9,11H,2-5H2,1H3,(H,18,19)/t9-/m1/s1. The van der Waals surface area contributed by atoms with Crippen molar-refractivity contribution in [2.75, 3.05) is 0 Å². The van der Waals surface area contributed by atoms with E-state index in [-0.39, 0.29) is 22.5 Å². The molecule has 2 rings (SSSR count). The molecule has 0 unspecified atom stereocenters. The lowest BCUT2D eigenvalue weighted by atomic mass is 10.2. The first-order valence-electron chi connectivity index (χ1n) is 6.94. The molecule has 1 aromatic rings. The first-order valence-corrected chi connectivity index (χ1v) is 7.69. The van der Waals surface area contributed by atoms with Gasteiger partial charge in [0.1, 0.15) is 0 Å². The zero-order chi connectivity index (χ0) is 15.4. The summed E-state index contributed by atoms with van der Waals surface area (Å²) in [5.41, 5.74) is 0.196. The molecule has 1 atom stereocenters. The summed E-state index contributed by atoms with van der Waals surface area (Å²) in [5, 5.41) is 3.53. The first kappa shape index (κ1) is 16.1. The summed E-state index contributed by atoms with van der Waals surface area (Å²) < 4.78 is 5.15. The highest BCUT2D eigenvalue weighted by molar-refractivity contribution is 6.36. The molecule has 1 aliphatic rings. The predicted octanol–water partition coefficient (Wildman–Crippen LogP) is 3.60. The minimum atomic E-state index is -0.857. The fourth-order valence-corrected chi connectivity index (χ4v) is 2.81. The van der Waals surface area contributed by atoms with Gasteiger partial charge in [0.05, 0.1) is 10.6 Å². The summed E-state index contributed by atoms with van der Waals surface area (Å²) in [7, 11) is 0. The zero-order valence-electron chi connectivity index (χ0n) is 11.7. The van der Waals surface area contributed by atoms with E-state index in [0.29, 0.717) is 5.02 Å². The van der Waals surface area contributed by atoms with Gasteiger partial charge in [0.25, 0.3) is 5.91 Å². The van der Waals surface area contributed by atoms with Crippen molar-refractivity contribution in [3.63, 3.8) is 0 Å². The van der Waals surface area contributed by atoms with Gasteiger partial charge in [-0.1, -0.05) is 36.0 Å². The maximum absolute atomic E-state index is 12.0. The van der Waals surface area contributed by atoms with Gasteiger partial charge in [-0.25, -0.2) is 4.79 Å². The molecule has 21 heavy (non-hydrogen) atoms. The van der Waals surface area contributed by atoms with E-state index in [1.165, 1.54) is 12.1 Å². The summed E-state index contributed by atoms with van der Waals surface area (Å²) in [6.45, 7) is 1.55. The van der Waals surface area contributed by atoms with Crippen LogP contribution in [-0.2, 0) is 9.53 Å². The number of esters is 1. The van der Waals surface area contributed by atoms with Gasteiger partial charge in [-0.15, -0.1) is 0 Å². The second-order valence-electron chi connectivity index (χ2n) is 5.16. The number of rotatable bonds is 4. The molecule has 0 saturated heterocycles. The third-order valence-electron chi connectivity index (χ3n) is 3.51. The van der Waals surface area contributed by atoms with Crippen molar-refractivity contribution >= 4 is 35.1 Å². The van der Waals surface area contributed by atoms with Crippen LogP contribution in [0.5, 0.6) is 0 Å². The number of nitrogens with one attached hydrogen (secondary N) is 1. The van der Waals surface area contributed by atoms with E-state index in [1.54, 1.807) is 13.0 Å². The van der Waals surface area contributed by atoms with E-state index in [9.17, 15) is 9.59 Å². The topological polar surface area (TPSA) is 55.4 Å². The number of carbonyl (C=O) groups excluding carboxylic acids is 2. The Hall–Kier alpha value is -1.26. The largest absolute Gasteiger partial charge is 0.449 e. The van der Waals surface area contributed by atoms with Crippen LogP contribution in [0.1, 0.15) is 43.0 Å². The summed E-state index contributed by atoms with van der Waals surface area (Å²) in [6.07, 6.45) is 3.36. The zero-order valence-corrected chi connectivity index (χ0v) is 13.2. The third kappa shape index (κ3) is 4.35. The minimum absolute atomic E-state index is 0.192. The van der Waals surface area contributed by atoms with Crippen molar-refractivity contribution in [3.8, 4) is 0 Å². The highest BCUT2D eigenvalue weighted by atomic mass is 35.5. The summed E-state index contributed by atoms with van der Waals surface area (Å²) in [5.74, 6) is -0.911. The number of hydrogen-bond donors (Lipinski definition) is 1. The van der Waals surface area contributed by atoms with Crippen LogP contribution in [0.2, 0.25) is 10.0 Å². The highest BCUT2D eigenvalue weighted by Crippen LogP contribution is 2.22. The van der Waals surface area contributed by atoms with E-state index >= 15 is 0 Å². The van der Waals surface area contributed by atoms with Crippen molar-refractivity contribution < 1.29 is 14.3 Å². The summed E-state index contributed by atoms with van der Waals surface area (Å²) >= 11 is 11.7. The number of amides is 1. The van der Waals surface area contributed by atoms with E-state index in [1.807, 2.05) is 0 Å². The molecule has 1 aromatic carbocycles. The van der Waals surface area contributed by atoms with Crippen LogP contribution in [0.15, 0.2) is 18.2 Å². The Balaban J connectivity index is 1.93. The van der Waals surface area contributed by atoms with Gasteiger partial charge in [-0.05, 0) is 38.0 Å². The average Bonchev–Trinajstić information content (AvgIpc) is 2.91. The first-order chi connectivity index (χ1) is 9.97. The molecular formula is C15H17Cl2NO3. The maximum Gasteiger partial charge on any atom is 0.340 e. The Bertz CT molecular complexity index is 542. The van der Waals surface area contributed by atoms with Crippen LogP contribution in [0.25, 0.3) is 0 Å². The van der Waals surface area contributed by atoms with Crippen molar-refractivity contribution in [2.45, 2.75) is 44.8 Å². The molecule has 0 bridgehead atoms. The van der Waals surface area contributed by atoms with Crippen LogP contribution in [0, 0.1) is 0 Å². The molecule has 114 valence electrons. The molecule has 6 heteroatoms. The number of benzene rings is 1. The van der Waals surface area contributed by atoms with Crippen molar-refractivity contribution in [3.05, 3.63) is 33.8 Å². The van der Waals surface area contributed by atoms with Gasteiger partial charge >= 0.3 is 5.97 Å². The van der Waals surface area contributed by atoms with E-state index < -0.39 is 12.1 Å². The number of hydrogen-bond acceptors (Lipinski definition) is 3. The fraction of sp³-hybridized carbons (Fsp3) is 0.467. The molecule has 0 radical (unpaired) electrons. The highest BCUT2D eigenvalue weighted by Gasteiger charge is 2.24. The molecule has 1 saturated carbocycles. The average molecular weight is 330 g/mol. The second kappa shape index (κ2) is 7.14. The van der Waals surface area contributed by atoms with Crippen LogP contribution in [-0.4, -0.2) is 24.0 Å². The molecule has 4 nitrogen and oxygen atoms in total. The Kier molecular flexibility index (Phi) is 5.48. The fourth-order valence-electron chi connectivity index (χ4n) is 2.32. The van der Waals surface area contributed by atoms with Gasteiger partial charge in [0.15, 0.2) is 6.10 Å². The minimum Gasteiger partial charge on any atom is -0.449 e. The van der Waals surface area contributed by atoms with Gasteiger partial charge in [0, 0.05) is 11.1 Å². The van der Waals surface area contributed by atoms with E-state index in [0.717, 1.165) is 25.7 Å². The summed E-state index contributed by atoms with van der Waals surface area (Å²) in [4.78, 5) is 24.0. The number of carbonyl (C=O) groups is 2. The molecule has 1 N–H and O–H groups in total. The lowest BCUT2D eigenvalue weighted by Gasteiger charge is -2.17. The molecule has 0 spiro atoms. The maximum atomic E-state index is 12.0. The molecular weight excluding hydrogens is 313 g/mol. The Labute approximate surface area is 133 Å². The quantitative estimate of drug-likeness (QED) is 0.858. The van der Waals surface area contributed by atoms with Gasteiger partial charge in [0.2, 0.25) is 0 Å². The Morgan fingerprint density at radius 3 is 2.57 bits per heavy atom. The van der Waals surface area contributed by atoms with Crippen molar-refractivity contribution in [2.24, 2.45) is 0 Å². The lowest BCUT2D eigenvalue weighted by Crippen LogP contribution is -2.40. The van der Waals surface area contributed by atoms with Gasteiger partial charge in [-0.3, -0.25) is 4.79 Å². The molecule has 1 aliphatic carbocycles.